The van der Waals surface area contributed by atoms with Crippen molar-refractivity contribution in [3.05, 3.63) is 52.3 Å². The first-order chi connectivity index (χ1) is 11.7. The number of hydrogen-bond donors (Lipinski definition) is 2. The highest BCUT2D eigenvalue weighted by atomic mass is 19.1. The second-order valence-corrected chi connectivity index (χ2v) is 5.46. The van der Waals surface area contributed by atoms with Gasteiger partial charge in [-0.15, -0.1) is 0 Å². The van der Waals surface area contributed by atoms with E-state index >= 15 is 0 Å². The van der Waals surface area contributed by atoms with Crippen molar-refractivity contribution in [3.8, 4) is 0 Å². The maximum absolute atomic E-state index is 13.1. The first kappa shape index (κ1) is 18.3. The number of rotatable bonds is 5. The van der Waals surface area contributed by atoms with Crippen molar-refractivity contribution >= 4 is 23.3 Å². The quantitative estimate of drug-likeness (QED) is 0.641. The number of benzene rings is 1. The number of esters is 1. The van der Waals surface area contributed by atoms with E-state index < -0.39 is 30.1 Å². The molecule has 0 spiro atoms. The smallest absolute Gasteiger partial charge is 0.355 e. The standard InChI is InChI=1S/C17H16F2N2O4/c1-8-15(10(3)22)9(2)20-16(8)17(24)25-7-14(23)21-13-5-11(18)4-12(19)6-13/h4-6,20H,7H2,1-3H3,(H,21,23). The molecule has 0 fully saturated rings. The number of hydrogen-bond acceptors (Lipinski definition) is 4. The normalized spacial score (nSPS) is 10.4. The van der Waals surface area contributed by atoms with E-state index in [4.69, 9.17) is 4.74 Å². The Morgan fingerprint density at radius 2 is 1.72 bits per heavy atom. The zero-order valence-electron chi connectivity index (χ0n) is 13.8. The van der Waals surface area contributed by atoms with Crippen LogP contribution in [0.15, 0.2) is 18.2 Å². The second kappa shape index (κ2) is 7.25. The van der Waals surface area contributed by atoms with Gasteiger partial charge in [-0.2, -0.15) is 0 Å². The highest BCUT2D eigenvalue weighted by Gasteiger charge is 2.21. The molecule has 1 aromatic carbocycles. The zero-order chi connectivity index (χ0) is 18.7. The summed E-state index contributed by atoms with van der Waals surface area (Å²) in [5, 5.41) is 2.22. The lowest BCUT2D eigenvalue weighted by Crippen LogP contribution is -2.21. The number of ketones is 1. The van der Waals surface area contributed by atoms with Crippen LogP contribution in [0.3, 0.4) is 0 Å². The predicted molar refractivity (Wildman–Crippen MR) is 85.5 cm³/mol. The number of Topliss-reactive ketones (excluding diaryl/α,β-unsaturated/α-hetero) is 1. The van der Waals surface area contributed by atoms with Crippen LogP contribution in [0.1, 0.15) is 39.0 Å². The number of aromatic nitrogens is 1. The Balaban J connectivity index is 2.01. The molecule has 0 aliphatic carbocycles. The summed E-state index contributed by atoms with van der Waals surface area (Å²) in [4.78, 5) is 38.1. The van der Waals surface area contributed by atoms with E-state index in [9.17, 15) is 23.2 Å². The van der Waals surface area contributed by atoms with Gasteiger partial charge in [-0.3, -0.25) is 9.59 Å². The molecule has 132 valence electrons. The third-order valence-electron chi connectivity index (χ3n) is 3.47. The molecule has 2 aromatic rings. The van der Waals surface area contributed by atoms with E-state index in [0.29, 0.717) is 22.9 Å². The average molecular weight is 350 g/mol. The Kier molecular flexibility index (Phi) is 5.31. The van der Waals surface area contributed by atoms with Crippen molar-refractivity contribution in [2.75, 3.05) is 11.9 Å². The Hall–Kier alpha value is -3.03. The van der Waals surface area contributed by atoms with Gasteiger partial charge in [0.15, 0.2) is 12.4 Å². The molecule has 0 aliphatic heterocycles. The highest BCUT2D eigenvalue weighted by molar-refractivity contribution is 6.01. The van der Waals surface area contributed by atoms with Crippen molar-refractivity contribution in [1.82, 2.24) is 4.98 Å². The summed E-state index contributed by atoms with van der Waals surface area (Å²) in [6.07, 6.45) is 0. The van der Waals surface area contributed by atoms with E-state index in [1.54, 1.807) is 13.8 Å². The first-order valence-corrected chi connectivity index (χ1v) is 7.32. The first-order valence-electron chi connectivity index (χ1n) is 7.32. The summed E-state index contributed by atoms with van der Waals surface area (Å²) < 4.78 is 31.0. The number of aromatic amines is 1. The monoisotopic (exact) mass is 350 g/mol. The van der Waals surface area contributed by atoms with Gasteiger partial charge in [0, 0.05) is 23.0 Å². The fourth-order valence-corrected chi connectivity index (χ4v) is 2.51. The molecule has 1 heterocycles. The van der Waals surface area contributed by atoms with E-state index in [1.807, 2.05) is 0 Å². The van der Waals surface area contributed by atoms with Crippen LogP contribution in [0.4, 0.5) is 14.5 Å². The zero-order valence-corrected chi connectivity index (χ0v) is 13.8. The van der Waals surface area contributed by atoms with Gasteiger partial charge in [-0.1, -0.05) is 0 Å². The Morgan fingerprint density at radius 3 is 2.24 bits per heavy atom. The molecule has 25 heavy (non-hydrogen) atoms. The van der Waals surface area contributed by atoms with Crippen molar-refractivity contribution in [2.45, 2.75) is 20.8 Å². The minimum Gasteiger partial charge on any atom is -0.451 e. The number of nitrogens with one attached hydrogen (secondary N) is 2. The summed E-state index contributed by atoms with van der Waals surface area (Å²) in [5.41, 5.74) is 1.34. The fourth-order valence-electron chi connectivity index (χ4n) is 2.51. The molecule has 2 N–H and O–H groups in total. The maximum atomic E-state index is 13.1. The molecule has 6 nitrogen and oxygen atoms in total. The number of carbonyl (C=O) groups excluding carboxylic acids is 3. The third-order valence-corrected chi connectivity index (χ3v) is 3.47. The summed E-state index contributed by atoms with van der Waals surface area (Å²) in [5.74, 6) is -3.46. The molecule has 2 rings (SSSR count). The Bertz CT molecular complexity index is 838. The maximum Gasteiger partial charge on any atom is 0.355 e. The summed E-state index contributed by atoms with van der Waals surface area (Å²) in [7, 11) is 0. The molecule has 1 amide bonds. The summed E-state index contributed by atoms with van der Waals surface area (Å²) >= 11 is 0. The van der Waals surface area contributed by atoms with Crippen molar-refractivity contribution in [3.63, 3.8) is 0 Å². The molecule has 0 saturated carbocycles. The number of H-pyrrole nitrogens is 1. The summed E-state index contributed by atoms with van der Waals surface area (Å²) in [6, 6.07) is 2.53. The average Bonchev–Trinajstić information content (AvgIpc) is 2.78. The Morgan fingerprint density at radius 1 is 1.12 bits per heavy atom. The van der Waals surface area contributed by atoms with Gasteiger partial charge in [-0.25, -0.2) is 13.6 Å². The number of amides is 1. The SMILES string of the molecule is CC(=O)c1c(C)[nH]c(C(=O)OCC(=O)Nc2cc(F)cc(F)c2)c1C. The molecular weight excluding hydrogens is 334 g/mol. The molecule has 8 heteroatoms. The van der Waals surface area contributed by atoms with Crippen LogP contribution in [-0.4, -0.2) is 29.3 Å². The van der Waals surface area contributed by atoms with Gasteiger partial charge in [-0.05, 0) is 38.5 Å². The number of ether oxygens (including phenoxy) is 1. The van der Waals surface area contributed by atoms with Crippen molar-refractivity contribution in [1.29, 1.82) is 0 Å². The molecule has 0 radical (unpaired) electrons. The van der Waals surface area contributed by atoms with Crippen LogP contribution in [0.2, 0.25) is 0 Å². The van der Waals surface area contributed by atoms with E-state index in [2.05, 4.69) is 10.3 Å². The van der Waals surface area contributed by atoms with Gasteiger partial charge in [0.25, 0.3) is 5.91 Å². The molecule has 1 aromatic heterocycles. The minimum atomic E-state index is -0.846. The number of aryl methyl sites for hydroxylation is 1. The molecular formula is C17H16F2N2O4. The molecule has 0 bridgehead atoms. The number of anilines is 1. The Labute approximate surface area is 142 Å². The summed E-state index contributed by atoms with van der Waals surface area (Å²) in [6.45, 7) is 3.96. The van der Waals surface area contributed by atoms with E-state index in [1.165, 1.54) is 6.92 Å². The van der Waals surface area contributed by atoms with Crippen LogP contribution in [-0.2, 0) is 9.53 Å². The minimum absolute atomic E-state index is 0.0762. The molecule has 0 atom stereocenters. The van der Waals surface area contributed by atoms with Crippen molar-refractivity contribution < 1.29 is 27.9 Å². The van der Waals surface area contributed by atoms with Gasteiger partial charge in [0.05, 0.1) is 0 Å². The lowest BCUT2D eigenvalue weighted by atomic mass is 10.1. The highest BCUT2D eigenvalue weighted by Crippen LogP contribution is 2.19. The van der Waals surface area contributed by atoms with Crippen LogP contribution in [0.25, 0.3) is 0 Å². The van der Waals surface area contributed by atoms with E-state index in [-0.39, 0.29) is 17.2 Å². The second-order valence-electron chi connectivity index (χ2n) is 5.46. The van der Waals surface area contributed by atoms with Crippen LogP contribution in [0, 0.1) is 25.5 Å². The largest absolute Gasteiger partial charge is 0.451 e. The van der Waals surface area contributed by atoms with Gasteiger partial charge in [0.2, 0.25) is 0 Å². The molecule has 0 aliphatic rings. The lowest BCUT2D eigenvalue weighted by Gasteiger charge is -2.07. The molecule has 0 unspecified atom stereocenters. The predicted octanol–water partition coefficient (Wildman–Crippen LogP) is 2.91. The number of halogens is 2. The van der Waals surface area contributed by atoms with E-state index in [0.717, 1.165) is 12.1 Å². The van der Waals surface area contributed by atoms with Gasteiger partial charge < -0.3 is 15.0 Å². The fraction of sp³-hybridized carbons (Fsp3) is 0.235. The third kappa shape index (κ3) is 4.28. The number of carbonyl (C=O) groups is 3. The topological polar surface area (TPSA) is 88.3 Å². The van der Waals surface area contributed by atoms with Crippen molar-refractivity contribution in [2.24, 2.45) is 0 Å². The van der Waals surface area contributed by atoms with Gasteiger partial charge in [0.1, 0.15) is 17.3 Å². The van der Waals surface area contributed by atoms with Crippen LogP contribution in [0.5, 0.6) is 0 Å². The van der Waals surface area contributed by atoms with Gasteiger partial charge >= 0.3 is 5.97 Å². The molecule has 0 saturated heterocycles. The lowest BCUT2D eigenvalue weighted by molar-refractivity contribution is -0.119. The van der Waals surface area contributed by atoms with Crippen LogP contribution >= 0.6 is 0 Å². The van der Waals surface area contributed by atoms with Crippen LogP contribution < -0.4 is 5.32 Å².